The molecule has 0 heterocycles. The van der Waals surface area contributed by atoms with Crippen molar-refractivity contribution in [2.75, 3.05) is 7.11 Å². The molecule has 0 amide bonds. The lowest BCUT2D eigenvalue weighted by Crippen LogP contribution is -2.67. The second kappa shape index (κ2) is 10.0. The van der Waals surface area contributed by atoms with Gasteiger partial charge in [0.1, 0.15) is 0 Å². The number of rotatable bonds is 3. The summed E-state index contributed by atoms with van der Waals surface area (Å²) in [7, 11) is 1.59. The third kappa shape index (κ3) is 4.01. The van der Waals surface area contributed by atoms with E-state index in [1.165, 1.54) is 22.0 Å². The van der Waals surface area contributed by atoms with Gasteiger partial charge in [0.25, 0.3) is 0 Å². The van der Waals surface area contributed by atoms with Crippen LogP contribution < -0.4 is 0 Å². The molecule has 5 unspecified atom stereocenters. The molecule has 0 saturated heterocycles. The van der Waals surface area contributed by atoms with E-state index in [4.69, 9.17) is 4.74 Å². The van der Waals surface area contributed by atoms with Gasteiger partial charge in [-0.2, -0.15) is 0 Å². The smallest absolute Gasteiger partial charge is 0.312 e. The molecule has 0 radical (unpaired) electrons. The van der Waals surface area contributed by atoms with E-state index in [-0.39, 0.29) is 33.0 Å². The summed E-state index contributed by atoms with van der Waals surface area (Å²) in [5.74, 6) is 2.53. The Morgan fingerprint density at radius 2 is 1.71 bits per heavy atom. The Bertz CT molecular complexity index is 1360. The molecule has 42 heavy (non-hydrogen) atoms. The van der Waals surface area contributed by atoms with Crippen molar-refractivity contribution in [2.24, 2.45) is 56.7 Å². The topological polar surface area (TPSA) is 43.4 Å². The van der Waals surface area contributed by atoms with Crippen LogP contribution in [-0.2, 0) is 14.3 Å². The SMILES string of the molecule is C=C(C)[C@@H]1CCC2(C(=O)OC)CC[C@]3(C)C(CCC4[C@@]5(C)CC(=Cc6cccc(I)c6)C(=O)C(C)(C)C5CC[C@]43C)C12. The molecule has 5 aliphatic rings. The first-order valence-electron chi connectivity index (χ1n) is 16.4. The highest BCUT2D eigenvalue weighted by atomic mass is 127. The Labute approximate surface area is 267 Å². The number of carbonyl (C=O) groups excluding carboxylic acids is 2. The second-order valence-corrected chi connectivity index (χ2v) is 17.5. The van der Waals surface area contributed by atoms with Crippen LogP contribution in [-0.4, -0.2) is 18.9 Å². The van der Waals surface area contributed by atoms with E-state index >= 15 is 0 Å². The normalized spacial score (nSPS) is 44.9. The van der Waals surface area contributed by atoms with Gasteiger partial charge < -0.3 is 4.74 Å². The first-order chi connectivity index (χ1) is 19.7. The van der Waals surface area contributed by atoms with Gasteiger partial charge in [-0.3, -0.25) is 9.59 Å². The van der Waals surface area contributed by atoms with Crippen LogP contribution in [0.15, 0.2) is 42.0 Å². The van der Waals surface area contributed by atoms with E-state index in [9.17, 15) is 9.59 Å². The molecule has 1 aromatic carbocycles. The maximum absolute atomic E-state index is 14.1. The molecule has 0 aromatic heterocycles. The van der Waals surface area contributed by atoms with Crippen LogP contribution in [0.1, 0.15) is 105 Å². The Morgan fingerprint density at radius 3 is 2.38 bits per heavy atom. The fourth-order valence-corrected chi connectivity index (χ4v) is 13.0. The lowest BCUT2D eigenvalue weighted by molar-refractivity contribution is -0.232. The van der Waals surface area contributed by atoms with E-state index in [2.05, 4.69) is 101 Å². The maximum atomic E-state index is 14.1. The van der Waals surface area contributed by atoms with Crippen molar-refractivity contribution in [3.8, 4) is 0 Å². The quantitative estimate of drug-likeness (QED) is 0.138. The molecule has 0 spiro atoms. The summed E-state index contributed by atoms with van der Waals surface area (Å²) < 4.78 is 6.75. The molecule has 5 fully saturated rings. The minimum atomic E-state index is -0.372. The fourth-order valence-electron chi connectivity index (χ4n) is 12.5. The van der Waals surface area contributed by atoms with Crippen LogP contribution in [0.25, 0.3) is 6.08 Å². The summed E-state index contributed by atoms with van der Waals surface area (Å²) in [6.07, 6.45) is 11.7. The number of halogens is 1. The Morgan fingerprint density at radius 1 is 0.976 bits per heavy atom. The molecule has 9 atom stereocenters. The first kappa shape index (κ1) is 30.6. The van der Waals surface area contributed by atoms with Crippen molar-refractivity contribution in [1.82, 2.24) is 0 Å². The van der Waals surface area contributed by atoms with Gasteiger partial charge in [-0.15, -0.1) is 0 Å². The van der Waals surface area contributed by atoms with Crippen LogP contribution in [0, 0.1) is 60.2 Å². The summed E-state index contributed by atoms with van der Waals surface area (Å²) >= 11 is 2.36. The molecule has 3 nitrogen and oxygen atoms in total. The predicted molar refractivity (Wildman–Crippen MR) is 179 cm³/mol. The second-order valence-electron chi connectivity index (χ2n) is 16.3. The number of methoxy groups -OCH3 is 1. The molecule has 5 aliphatic carbocycles. The third-order valence-corrected chi connectivity index (χ3v) is 15.1. The summed E-state index contributed by atoms with van der Waals surface area (Å²) in [6, 6.07) is 8.53. The van der Waals surface area contributed by atoms with Gasteiger partial charge in [-0.05, 0) is 162 Å². The summed E-state index contributed by atoms with van der Waals surface area (Å²) in [5.41, 5.74) is 3.05. The van der Waals surface area contributed by atoms with Gasteiger partial charge in [0.15, 0.2) is 5.78 Å². The fraction of sp³-hybridized carbons (Fsp3) is 0.684. The third-order valence-electron chi connectivity index (χ3n) is 14.4. The largest absolute Gasteiger partial charge is 0.469 e. The Kier molecular flexibility index (Phi) is 7.31. The highest BCUT2D eigenvalue weighted by molar-refractivity contribution is 14.1. The van der Waals surface area contributed by atoms with E-state index in [0.717, 1.165) is 56.1 Å². The number of esters is 1. The molecular formula is C38H51IO3. The van der Waals surface area contributed by atoms with E-state index in [0.29, 0.717) is 35.4 Å². The zero-order valence-electron chi connectivity index (χ0n) is 26.9. The maximum Gasteiger partial charge on any atom is 0.312 e. The van der Waals surface area contributed by atoms with Crippen molar-refractivity contribution < 1.29 is 14.3 Å². The van der Waals surface area contributed by atoms with E-state index in [1.54, 1.807) is 7.11 Å². The molecule has 6 rings (SSSR count). The van der Waals surface area contributed by atoms with Crippen LogP contribution in [0.3, 0.4) is 0 Å². The van der Waals surface area contributed by atoms with E-state index < -0.39 is 0 Å². The van der Waals surface area contributed by atoms with Crippen LogP contribution in [0.5, 0.6) is 0 Å². The van der Waals surface area contributed by atoms with Crippen molar-refractivity contribution in [3.63, 3.8) is 0 Å². The van der Waals surface area contributed by atoms with Crippen molar-refractivity contribution >= 4 is 40.4 Å². The molecule has 0 N–H and O–H groups in total. The number of ketones is 1. The molecule has 0 bridgehead atoms. The van der Waals surface area contributed by atoms with Gasteiger partial charge in [0.2, 0.25) is 0 Å². The lowest BCUT2D eigenvalue weighted by Gasteiger charge is -2.72. The predicted octanol–water partition coefficient (Wildman–Crippen LogP) is 9.68. The van der Waals surface area contributed by atoms with Gasteiger partial charge in [0, 0.05) is 8.99 Å². The zero-order chi connectivity index (χ0) is 30.5. The number of hydrogen-bond donors (Lipinski definition) is 0. The highest BCUT2D eigenvalue weighted by Crippen LogP contribution is 2.77. The number of carbonyl (C=O) groups is 2. The molecule has 228 valence electrons. The zero-order valence-corrected chi connectivity index (χ0v) is 29.1. The van der Waals surface area contributed by atoms with Crippen molar-refractivity contribution in [3.05, 3.63) is 51.1 Å². The van der Waals surface area contributed by atoms with Gasteiger partial charge >= 0.3 is 5.97 Å². The summed E-state index contributed by atoms with van der Waals surface area (Å²) in [4.78, 5) is 27.6. The molecule has 5 saturated carbocycles. The van der Waals surface area contributed by atoms with Crippen molar-refractivity contribution in [1.29, 1.82) is 0 Å². The number of benzene rings is 1. The standard InChI is InChI=1S/C38H51IO3/c1-23(2)27-14-17-38(33(41)42-8)19-18-36(6)28(31(27)38)12-13-30-35(5)22-25(20-24-10-9-11-26(39)21-24)32(40)34(3,4)29(35)15-16-37(30,36)7/h9-11,20-21,27-31H,1,12-19,22H2,2-8H3/t27-,28?,29?,30?,31?,35-,36+,37+,38?/m0/s1. The summed E-state index contributed by atoms with van der Waals surface area (Å²) in [5, 5.41) is 0. The minimum Gasteiger partial charge on any atom is -0.469 e. The van der Waals surface area contributed by atoms with Gasteiger partial charge in [0.05, 0.1) is 12.5 Å². The molecular weight excluding hydrogens is 631 g/mol. The first-order valence-corrected chi connectivity index (χ1v) is 17.5. The molecule has 1 aromatic rings. The Hall–Kier alpha value is -1.43. The van der Waals surface area contributed by atoms with Crippen molar-refractivity contribution in [2.45, 2.75) is 99.3 Å². The lowest BCUT2D eigenvalue weighted by atomic mass is 9.32. The monoisotopic (exact) mass is 682 g/mol. The van der Waals surface area contributed by atoms with Crippen LogP contribution in [0.2, 0.25) is 0 Å². The average Bonchev–Trinajstić information content (AvgIpc) is 3.33. The van der Waals surface area contributed by atoms with E-state index in [1.807, 2.05) is 0 Å². The van der Waals surface area contributed by atoms with Crippen LogP contribution >= 0.6 is 22.6 Å². The molecule has 4 heteroatoms. The van der Waals surface area contributed by atoms with Gasteiger partial charge in [-0.1, -0.05) is 58.9 Å². The number of ether oxygens (including phenoxy) is 1. The van der Waals surface area contributed by atoms with Crippen LogP contribution in [0.4, 0.5) is 0 Å². The minimum absolute atomic E-state index is 0.0270. The molecule has 0 aliphatic heterocycles. The number of Topliss-reactive ketones (excluding diaryl/α,β-unsaturated/α-hetero) is 1. The number of allylic oxidation sites excluding steroid dienone is 2. The van der Waals surface area contributed by atoms with Gasteiger partial charge in [-0.25, -0.2) is 0 Å². The Balaban J connectivity index is 1.42. The number of hydrogen-bond acceptors (Lipinski definition) is 3. The average molecular weight is 683 g/mol. The number of fused-ring (bicyclic) bond motifs is 7. The summed E-state index contributed by atoms with van der Waals surface area (Å²) in [6.45, 7) is 18.9. The highest BCUT2D eigenvalue weighted by Gasteiger charge is 2.72.